The van der Waals surface area contributed by atoms with Crippen LogP contribution in [0.25, 0.3) is 0 Å². The molecule has 0 radical (unpaired) electrons. The fourth-order valence-electron chi connectivity index (χ4n) is 6.82. The summed E-state index contributed by atoms with van der Waals surface area (Å²) in [5.74, 6) is 2.81. The van der Waals surface area contributed by atoms with Crippen LogP contribution in [0.15, 0.2) is 29.3 Å². The number of aliphatic imine (C=N–C) groups is 1. The fourth-order valence-corrected chi connectivity index (χ4v) is 7.56. The fraction of sp³-hybridized carbons (Fsp3) is 0.636. The molecule has 0 aromatic heterocycles. The Morgan fingerprint density at radius 1 is 1.19 bits per heavy atom. The van der Waals surface area contributed by atoms with Crippen molar-refractivity contribution in [2.75, 3.05) is 12.3 Å². The van der Waals surface area contributed by atoms with E-state index < -0.39 is 0 Å². The van der Waals surface area contributed by atoms with Crippen molar-refractivity contribution in [3.63, 3.8) is 0 Å². The number of amidine groups is 1. The number of hydrogen-bond donors (Lipinski definition) is 1. The summed E-state index contributed by atoms with van der Waals surface area (Å²) in [6, 6.07) is 9.26. The van der Waals surface area contributed by atoms with Crippen molar-refractivity contribution in [2.24, 2.45) is 22.2 Å². The largest absolute Gasteiger partial charge is 0.305 e. The van der Waals surface area contributed by atoms with Gasteiger partial charge in [-0.25, -0.2) is 0 Å². The van der Waals surface area contributed by atoms with Gasteiger partial charge in [-0.2, -0.15) is 0 Å². The molecule has 0 saturated heterocycles. The standard InChI is InChI=1S/C22H28N2OS/c1-15-2-4-18(5-3-15)22-11-16-8-17(12-22)10-21(9-16,14-22)13-19(25)24-20-23-6-7-26-20/h2-5,16-17H,6-14H2,1H3,(H,23,24,25)/t16-,17-,21?,22?/m1/s1. The molecule has 4 saturated carbocycles. The summed E-state index contributed by atoms with van der Waals surface area (Å²) in [5, 5.41) is 3.93. The summed E-state index contributed by atoms with van der Waals surface area (Å²) in [6.07, 6.45) is 8.45. The Labute approximate surface area is 160 Å². The zero-order valence-corrected chi connectivity index (χ0v) is 16.4. The number of rotatable bonds is 3. The minimum atomic E-state index is 0.194. The zero-order chi connectivity index (χ0) is 17.8. The molecule has 4 aliphatic carbocycles. The third kappa shape index (κ3) is 2.90. The number of hydrogen-bond acceptors (Lipinski definition) is 3. The molecule has 3 nitrogen and oxygen atoms in total. The third-order valence-corrected chi connectivity index (χ3v) is 8.10. The van der Waals surface area contributed by atoms with Crippen molar-refractivity contribution >= 4 is 22.8 Å². The Kier molecular flexibility index (Phi) is 3.97. The SMILES string of the molecule is Cc1ccc(C23C[C@@H]4C[C@H](CC(CC(=O)NC5=NCCS5)(C4)C2)C3)cc1. The quantitative estimate of drug-likeness (QED) is 0.857. The van der Waals surface area contributed by atoms with E-state index in [0.29, 0.717) is 11.8 Å². The first-order valence-electron chi connectivity index (χ1n) is 10.1. The molecule has 4 bridgehead atoms. The molecule has 6 rings (SSSR count). The van der Waals surface area contributed by atoms with Gasteiger partial charge in [0.1, 0.15) is 0 Å². The summed E-state index contributed by atoms with van der Waals surface area (Å²) in [4.78, 5) is 17.2. The van der Waals surface area contributed by atoms with Crippen LogP contribution in [0.5, 0.6) is 0 Å². The molecule has 1 aromatic carbocycles. The highest BCUT2D eigenvalue weighted by Crippen LogP contribution is 2.66. The molecule has 138 valence electrons. The van der Waals surface area contributed by atoms with E-state index in [9.17, 15) is 4.79 Å². The smallest absolute Gasteiger partial charge is 0.226 e. The molecule has 1 N–H and O–H groups in total. The lowest BCUT2D eigenvalue weighted by Crippen LogP contribution is -2.55. The van der Waals surface area contributed by atoms with Gasteiger partial charge in [-0.3, -0.25) is 9.79 Å². The van der Waals surface area contributed by atoms with Gasteiger partial charge < -0.3 is 5.32 Å². The van der Waals surface area contributed by atoms with Crippen LogP contribution in [-0.4, -0.2) is 23.4 Å². The second-order valence-corrected chi connectivity index (χ2v) is 10.5. The molecule has 1 heterocycles. The van der Waals surface area contributed by atoms with Gasteiger partial charge in [-0.05, 0) is 73.7 Å². The molecule has 1 aromatic rings. The minimum absolute atomic E-state index is 0.194. The maximum absolute atomic E-state index is 12.8. The number of aryl methyl sites for hydroxylation is 1. The average molecular weight is 369 g/mol. The highest BCUT2D eigenvalue weighted by molar-refractivity contribution is 8.14. The van der Waals surface area contributed by atoms with Crippen LogP contribution in [0.3, 0.4) is 0 Å². The van der Waals surface area contributed by atoms with Crippen molar-refractivity contribution in [1.29, 1.82) is 0 Å². The molecule has 5 aliphatic rings. The maximum atomic E-state index is 12.8. The summed E-state index contributed by atoms with van der Waals surface area (Å²) in [7, 11) is 0. The first-order chi connectivity index (χ1) is 12.5. The molecule has 2 atom stereocenters. The second kappa shape index (κ2) is 6.12. The Bertz CT molecular complexity index is 740. The third-order valence-electron chi connectivity index (χ3n) is 7.21. The first kappa shape index (κ1) is 16.9. The number of nitrogens with one attached hydrogen (secondary N) is 1. The van der Waals surface area contributed by atoms with Gasteiger partial charge in [0.2, 0.25) is 5.91 Å². The molecule has 1 aliphatic heterocycles. The lowest BCUT2D eigenvalue weighted by molar-refractivity contribution is -0.129. The van der Waals surface area contributed by atoms with Gasteiger partial charge in [0, 0.05) is 12.2 Å². The Morgan fingerprint density at radius 3 is 2.58 bits per heavy atom. The van der Waals surface area contributed by atoms with Crippen molar-refractivity contribution in [3.8, 4) is 0 Å². The van der Waals surface area contributed by atoms with Crippen LogP contribution in [0.4, 0.5) is 0 Å². The first-order valence-corrected chi connectivity index (χ1v) is 11.1. The van der Waals surface area contributed by atoms with E-state index in [0.717, 1.165) is 29.3 Å². The molecule has 0 spiro atoms. The molecular formula is C22H28N2OS. The Balaban J connectivity index is 1.39. The van der Waals surface area contributed by atoms with Gasteiger partial charge in [0.25, 0.3) is 0 Å². The normalized spacial score (nSPS) is 37.7. The monoisotopic (exact) mass is 368 g/mol. The van der Waals surface area contributed by atoms with Gasteiger partial charge >= 0.3 is 0 Å². The van der Waals surface area contributed by atoms with E-state index in [1.165, 1.54) is 49.7 Å². The lowest BCUT2D eigenvalue weighted by Gasteiger charge is -2.62. The lowest BCUT2D eigenvalue weighted by atomic mass is 9.42. The highest BCUT2D eigenvalue weighted by Gasteiger charge is 2.58. The van der Waals surface area contributed by atoms with Crippen LogP contribution in [0.1, 0.15) is 56.1 Å². The van der Waals surface area contributed by atoms with E-state index in [2.05, 4.69) is 41.5 Å². The van der Waals surface area contributed by atoms with Gasteiger partial charge in [-0.1, -0.05) is 41.6 Å². The van der Waals surface area contributed by atoms with Crippen molar-refractivity contribution in [1.82, 2.24) is 5.32 Å². The Morgan fingerprint density at radius 2 is 1.92 bits per heavy atom. The number of amides is 1. The van der Waals surface area contributed by atoms with Crippen LogP contribution in [0, 0.1) is 24.2 Å². The molecule has 26 heavy (non-hydrogen) atoms. The van der Waals surface area contributed by atoms with Crippen molar-refractivity contribution in [3.05, 3.63) is 35.4 Å². The summed E-state index contributed by atoms with van der Waals surface area (Å²) in [6.45, 7) is 3.01. The maximum Gasteiger partial charge on any atom is 0.226 e. The van der Waals surface area contributed by atoms with Gasteiger partial charge in [0.05, 0.1) is 6.54 Å². The molecule has 4 fully saturated rings. The van der Waals surface area contributed by atoms with E-state index in [-0.39, 0.29) is 11.3 Å². The van der Waals surface area contributed by atoms with Crippen LogP contribution in [-0.2, 0) is 10.2 Å². The number of carbonyl (C=O) groups excluding carboxylic acids is 1. The van der Waals surface area contributed by atoms with E-state index in [1.807, 2.05) is 0 Å². The summed E-state index contributed by atoms with van der Waals surface area (Å²) >= 11 is 1.68. The van der Waals surface area contributed by atoms with Gasteiger partial charge in [0.15, 0.2) is 5.17 Å². The van der Waals surface area contributed by atoms with Crippen molar-refractivity contribution < 1.29 is 4.79 Å². The van der Waals surface area contributed by atoms with E-state index >= 15 is 0 Å². The predicted molar refractivity (Wildman–Crippen MR) is 107 cm³/mol. The number of benzene rings is 1. The zero-order valence-electron chi connectivity index (χ0n) is 15.6. The Hall–Kier alpha value is -1.29. The second-order valence-electron chi connectivity index (χ2n) is 9.37. The minimum Gasteiger partial charge on any atom is -0.305 e. The number of nitrogens with zero attached hydrogens (tertiary/aromatic N) is 1. The molecule has 0 unspecified atom stereocenters. The molecular weight excluding hydrogens is 340 g/mol. The predicted octanol–water partition coefficient (Wildman–Crippen LogP) is 4.44. The number of thioether (sulfide) groups is 1. The topological polar surface area (TPSA) is 41.5 Å². The van der Waals surface area contributed by atoms with E-state index in [4.69, 9.17) is 0 Å². The van der Waals surface area contributed by atoms with Gasteiger partial charge in [-0.15, -0.1) is 0 Å². The summed E-state index contributed by atoms with van der Waals surface area (Å²) < 4.78 is 0. The molecule has 4 heteroatoms. The van der Waals surface area contributed by atoms with Crippen LogP contribution in [0.2, 0.25) is 0 Å². The highest BCUT2D eigenvalue weighted by atomic mass is 32.2. The van der Waals surface area contributed by atoms with Crippen LogP contribution < -0.4 is 5.32 Å². The number of carbonyl (C=O) groups is 1. The van der Waals surface area contributed by atoms with Crippen molar-refractivity contribution in [2.45, 2.75) is 57.3 Å². The van der Waals surface area contributed by atoms with E-state index in [1.54, 1.807) is 11.8 Å². The summed E-state index contributed by atoms with van der Waals surface area (Å²) in [5.41, 5.74) is 3.39. The molecule has 1 amide bonds. The average Bonchev–Trinajstić information content (AvgIpc) is 3.06. The van der Waals surface area contributed by atoms with Crippen LogP contribution >= 0.6 is 11.8 Å².